The summed E-state index contributed by atoms with van der Waals surface area (Å²) >= 11 is 0. The van der Waals surface area contributed by atoms with Crippen molar-refractivity contribution >= 4 is 12.4 Å². The van der Waals surface area contributed by atoms with Gasteiger partial charge in [0.15, 0.2) is 0 Å². The van der Waals surface area contributed by atoms with Crippen LogP contribution in [0.1, 0.15) is 37.7 Å². The van der Waals surface area contributed by atoms with Crippen LogP contribution in [0.2, 0.25) is 0 Å². The van der Waals surface area contributed by atoms with Crippen LogP contribution in [0.15, 0.2) is 30.3 Å². The fraction of sp³-hybridized carbons (Fsp3) is 0.647. The summed E-state index contributed by atoms with van der Waals surface area (Å²) in [6.07, 6.45) is 7.03. The second kappa shape index (κ2) is 8.02. The lowest BCUT2D eigenvalue weighted by Gasteiger charge is -2.40. The molecule has 0 aromatic heterocycles. The third-order valence-corrected chi connectivity index (χ3v) is 4.71. The van der Waals surface area contributed by atoms with E-state index in [-0.39, 0.29) is 12.4 Å². The van der Waals surface area contributed by atoms with E-state index < -0.39 is 0 Å². The first-order valence-electron chi connectivity index (χ1n) is 7.92. The highest BCUT2D eigenvalue weighted by Gasteiger charge is 2.25. The smallest absolute Gasteiger partial charge is 0.0233 e. The number of rotatable bonds is 3. The summed E-state index contributed by atoms with van der Waals surface area (Å²) in [4.78, 5) is 5.37. The monoisotopic (exact) mass is 294 g/mol. The maximum Gasteiger partial charge on any atom is 0.0233 e. The number of hydrogen-bond donors (Lipinski definition) is 0. The summed E-state index contributed by atoms with van der Waals surface area (Å²) in [6.45, 7) is 6.38. The van der Waals surface area contributed by atoms with E-state index >= 15 is 0 Å². The van der Waals surface area contributed by atoms with Gasteiger partial charge in [0.2, 0.25) is 0 Å². The van der Waals surface area contributed by atoms with Crippen LogP contribution in [0.5, 0.6) is 0 Å². The lowest BCUT2D eigenvalue weighted by atomic mass is 9.99. The van der Waals surface area contributed by atoms with E-state index in [1.54, 1.807) is 0 Å². The van der Waals surface area contributed by atoms with Crippen LogP contribution in [0.3, 0.4) is 0 Å². The Kier molecular flexibility index (Phi) is 6.34. The topological polar surface area (TPSA) is 6.48 Å². The zero-order valence-corrected chi connectivity index (χ0v) is 13.2. The Morgan fingerprint density at radius 3 is 2.15 bits per heavy atom. The van der Waals surface area contributed by atoms with E-state index in [4.69, 9.17) is 0 Å². The molecule has 0 unspecified atom stereocenters. The Morgan fingerprint density at radius 2 is 1.50 bits per heavy atom. The Morgan fingerprint density at radius 1 is 0.850 bits per heavy atom. The van der Waals surface area contributed by atoms with Crippen LogP contribution in [0.4, 0.5) is 0 Å². The Hall–Kier alpha value is -0.570. The fourth-order valence-electron chi connectivity index (χ4n) is 3.57. The number of hydrogen-bond acceptors (Lipinski definition) is 2. The van der Waals surface area contributed by atoms with Crippen molar-refractivity contribution in [1.82, 2.24) is 9.80 Å². The fourth-order valence-corrected chi connectivity index (χ4v) is 3.57. The lowest BCUT2D eigenvalue weighted by Crippen LogP contribution is -2.46. The molecule has 0 aliphatic carbocycles. The Balaban J connectivity index is 0.00000147. The predicted octanol–water partition coefficient (Wildman–Crippen LogP) is 3.56. The molecule has 1 aromatic carbocycles. The van der Waals surface area contributed by atoms with Gasteiger partial charge in [-0.1, -0.05) is 36.8 Å². The van der Waals surface area contributed by atoms with Gasteiger partial charge in [-0.3, -0.25) is 4.90 Å². The first-order valence-corrected chi connectivity index (χ1v) is 7.92. The summed E-state index contributed by atoms with van der Waals surface area (Å²) in [5.41, 5.74) is 1.46. The largest absolute Gasteiger partial charge is 0.300 e. The van der Waals surface area contributed by atoms with Gasteiger partial charge < -0.3 is 4.90 Å². The second-order valence-corrected chi connectivity index (χ2v) is 6.09. The number of benzene rings is 1. The minimum Gasteiger partial charge on any atom is -0.300 e. The minimum atomic E-state index is 0. The van der Waals surface area contributed by atoms with Crippen LogP contribution < -0.4 is 0 Å². The molecule has 1 aromatic rings. The highest BCUT2D eigenvalue weighted by molar-refractivity contribution is 5.85. The molecule has 2 nitrogen and oxygen atoms in total. The average molecular weight is 295 g/mol. The maximum absolute atomic E-state index is 2.75. The molecule has 3 heteroatoms. The molecule has 0 N–H and O–H groups in total. The molecule has 3 rings (SSSR count). The van der Waals surface area contributed by atoms with E-state index in [0.717, 1.165) is 12.6 Å². The number of piperidine rings is 2. The van der Waals surface area contributed by atoms with Crippen molar-refractivity contribution in [2.45, 2.75) is 44.7 Å². The highest BCUT2D eigenvalue weighted by atomic mass is 35.5. The summed E-state index contributed by atoms with van der Waals surface area (Å²) in [5, 5.41) is 0. The van der Waals surface area contributed by atoms with E-state index in [9.17, 15) is 0 Å². The van der Waals surface area contributed by atoms with Crippen molar-refractivity contribution in [1.29, 1.82) is 0 Å². The van der Waals surface area contributed by atoms with Crippen molar-refractivity contribution in [3.05, 3.63) is 35.9 Å². The number of halogens is 1. The first kappa shape index (κ1) is 15.8. The molecule has 2 fully saturated rings. The third kappa shape index (κ3) is 4.21. The lowest BCUT2D eigenvalue weighted by molar-refractivity contribution is 0.0896. The molecule has 0 atom stereocenters. The zero-order valence-electron chi connectivity index (χ0n) is 12.3. The molecule has 2 saturated heterocycles. The van der Waals surface area contributed by atoms with Crippen LogP contribution in [-0.2, 0) is 6.54 Å². The summed E-state index contributed by atoms with van der Waals surface area (Å²) in [7, 11) is 0. The molecule has 2 aliphatic rings. The van der Waals surface area contributed by atoms with Crippen molar-refractivity contribution in [3.8, 4) is 0 Å². The molecule has 0 saturated carbocycles. The van der Waals surface area contributed by atoms with Gasteiger partial charge in [-0.15, -0.1) is 12.4 Å². The normalized spacial score (nSPS) is 22.4. The molecular weight excluding hydrogens is 268 g/mol. The van der Waals surface area contributed by atoms with Crippen molar-refractivity contribution in [2.75, 3.05) is 26.2 Å². The third-order valence-electron chi connectivity index (χ3n) is 4.71. The van der Waals surface area contributed by atoms with Gasteiger partial charge >= 0.3 is 0 Å². The van der Waals surface area contributed by atoms with E-state index in [1.807, 2.05) is 0 Å². The maximum atomic E-state index is 2.75. The van der Waals surface area contributed by atoms with Gasteiger partial charge in [0, 0.05) is 12.6 Å². The molecule has 2 heterocycles. The zero-order chi connectivity index (χ0) is 12.9. The van der Waals surface area contributed by atoms with Gasteiger partial charge in [-0.2, -0.15) is 0 Å². The van der Waals surface area contributed by atoms with Crippen molar-refractivity contribution < 1.29 is 0 Å². The van der Waals surface area contributed by atoms with Gasteiger partial charge in [0.1, 0.15) is 0 Å². The SMILES string of the molecule is Cl.c1ccc(CN2CCC(N3CCCCC3)CC2)cc1. The molecule has 0 bridgehead atoms. The molecule has 112 valence electrons. The van der Waals surface area contributed by atoms with Gasteiger partial charge in [0.25, 0.3) is 0 Å². The predicted molar refractivity (Wildman–Crippen MR) is 87.4 cm³/mol. The van der Waals surface area contributed by atoms with Crippen molar-refractivity contribution in [3.63, 3.8) is 0 Å². The molecule has 20 heavy (non-hydrogen) atoms. The van der Waals surface area contributed by atoms with Gasteiger partial charge in [0.05, 0.1) is 0 Å². The standard InChI is InChI=1S/C17H26N2.ClH/c1-3-7-16(8-4-1)15-18-13-9-17(10-14-18)19-11-5-2-6-12-19;/h1,3-4,7-8,17H,2,5-6,9-15H2;1H. The molecule has 0 amide bonds. The van der Waals surface area contributed by atoms with Gasteiger partial charge in [-0.05, 0) is 57.4 Å². The quantitative estimate of drug-likeness (QED) is 0.841. The average Bonchev–Trinajstić information content (AvgIpc) is 2.50. The van der Waals surface area contributed by atoms with E-state index in [1.165, 1.54) is 63.8 Å². The Labute approximate surface area is 129 Å². The van der Waals surface area contributed by atoms with E-state index in [0.29, 0.717) is 0 Å². The minimum absolute atomic E-state index is 0. The molecule has 2 aliphatic heterocycles. The molecule has 0 radical (unpaired) electrons. The number of nitrogens with zero attached hydrogens (tertiary/aromatic N) is 2. The molecular formula is C17H27ClN2. The van der Waals surface area contributed by atoms with Crippen molar-refractivity contribution in [2.24, 2.45) is 0 Å². The van der Waals surface area contributed by atoms with Crippen LogP contribution in [0, 0.1) is 0 Å². The summed E-state index contributed by atoms with van der Waals surface area (Å²) < 4.78 is 0. The Bertz CT molecular complexity index is 368. The second-order valence-electron chi connectivity index (χ2n) is 6.09. The van der Waals surface area contributed by atoms with Crippen LogP contribution in [0.25, 0.3) is 0 Å². The first-order chi connectivity index (χ1) is 9.42. The van der Waals surface area contributed by atoms with Crippen LogP contribution >= 0.6 is 12.4 Å². The highest BCUT2D eigenvalue weighted by Crippen LogP contribution is 2.21. The summed E-state index contributed by atoms with van der Waals surface area (Å²) in [5.74, 6) is 0. The van der Waals surface area contributed by atoms with Gasteiger partial charge in [-0.25, -0.2) is 0 Å². The number of likely N-dealkylation sites (tertiary alicyclic amines) is 2. The summed E-state index contributed by atoms with van der Waals surface area (Å²) in [6, 6.07) is 11.8. The van der Waals surface area contributed by atoms with E-state index in [2.05, 4.69) is 40.1 Å². The van der Waals surface area contributed by atoms with Crippen LogP contribution in [-0.4, -0.2) is 42.0 Å². The molecule has 0 spiro atoms.